The van der Waals surface area contributed by atoms with Gasteiger partial charge in [-0.1, -0.05) is 13.8 Å². The third-order valence-electron chi connectivity index (χ3n) is 2.99. The molecular formula is C14H26N4O2. The fraction of sp³-hybridized carbons (Fsp3) is 0.714. The van der Waals surface area contributed by atoms with Crippen molar-refractivity contribution in [1.29, 1.82) is 0 Å². The predicted molar refractivity (Wildman–Crippen MR) is 80.2 cm³/mol. The summed E-state index contributed by atoms with van der Waals surface area (Å²) in [4.78, 5) is 11.0. The molecular weight excluding hydrogens is 256 g/mol. The summed E-state index contributed by atoms with van der Waals surface area (Å²) in [5, 5.41) is 3.01. The number of nitrogens with zero attached hydrogens (tertiary/aromatic N) is 3. The van der Waals surface area contributed by atoms with E-state index in [1.807, 2.05) is 14.0 Å². The Kier molecular flexibility index (Phi) is 7.91. The lowest BCUT2D eigenvalue weighted by atomic mass is 10.5. The van der Waals surface area contributed by atoms with Gasteiger partial charge < -0.3 is 19.7 Å². The van der Waals surface area contributed by atoms with E-state index in [9.17, 15) is 0 Å². The molecule has 0 atom stereocenters. The Labute approximate surface area is 121 Å². The molecule has 6 nitrogen and oxygen atoms in total. The summed E-state index contributed by atoms with van der Waals surface area (Å²) in [5.74, 6) is 1.97. The summed E-state index contributed by atoms with van der Waals surface area (Å²) in [6.45, 7) is 10.9. The maximum absolute atomic E-state index is 5.71. The second kappa shape index (κ2) is 9.50. The molecule has 0 saturated heterocycles. The summed E-state index contributed by atoms with van der Waals surface area (Å²) in [7, 11) is 1.83. The number of anilines is 1. The molecule has 0 aliphatic carbocycles. The van der Waals surface area contributed by atoms with Crippen LogP contribution in [0.3, 0.4) is 0 Å². The number of rotatable bonds is 10. The van der Waals surface area contributed by atoms with Crippen molar-refractivity contribution < 1.29 is 9.47 Å². The summed E-state index contributed by atoms with van der Waals surface area (Å²) in [5.41, 5.74) is 0. The largest absolute Gasteiger partial charge is 0.476 e. The second-order valence-corrected chi connectivity index (χ2v) is 4.27. The molecule has 1 aromatic heterocycles. The normalized spacial score (nSPS) is 10.8. The molecule has 0 bridgehead atoms. The van der Waals surface area contributed by atoms with Crippen LogP contribution < -0.4 is 10.1 Å². The van der Waals surface area contributed by atoms with Crippen LogP contribution >= 0.6 is 0 Å². The van der Waals surface area contributed by atoms with Gasteiger partial charge >= 0.3 is 0 Å². The van der Waals surface area contributed by atoms with E-state index in [-0.39, 0.29) is 0 Å². The summed E-state index contributed by atoms with van der Waals surface area (Å²) >= 11 is 0. The van der Waals surface area contributed by atoms with Gasteiger partial charge in [-0.3, -0.25) is 0 Å². The third-order valence-corrected chi connectivity index (χ3v) is 2.99. The first-order chi connectivity index (χ1) is 9.73. The molecule has 0 saturated carbocycles. The van der Waals surface area contributed by atoms with Gasteiger partial charge in [0, 0.05) is 26.3 Å². The van der Waals surface area contributed by atoms with Crippen LogP contribution in [0, 0.1) is 0 Å². The highest BCUT2D eigenvalue weighted by atomic mass is 16.5. The number of nitrogens with one attached hydrogen (secondary N) is 1. The molecule has 1 heterocycles. The molecule has 0 aliphatic heterocycles. The van der Waals surface area contributed by atoms with Crippen molar-refractivity contribution in [3.63, 3.8) is 0 Å². The van der Waals surface area contributed by atoms with Crippen molar-refractivity contribution in [2.75, 3.05) is 45.2 Å². The molecule has 20 heavy (non-hydrogen) atoms. The van der Waals surface area contributed by atoms with Crippen molar-refractivity contribution in [2.45, 2.75) is 27.4 Å². The van der Waals surface area contributed by atoms with Crippen LogP contribution in [0.15, 0.2) is 6.07 Å². The molecule has 6 heteroatoms. The van der Waals surface area contributed by atoms with Gasteiger partial charge in [-0.05, 0) is 20.0 Å². The van der Waals surface area contributed by atoms with Crippen LogP contribution in [0.2, 0.25) is 0 Å². The molecule has 0 aromatic carbocycles. The zero-order chi connectivity index (χ0) is 14.8. The minimum Gasteiger partial charge on any atom is -0.476 e. The van der Waals surface area contributed by atoms with Crippen LogP contribution in [0.1, 0.15) is 26.6 Å². The van der Waals surface area contributed by atoms with Gasteiger partial charge in [0.25, 0.3) is 0 Å². The quantitative estimate of drug-likeness (QED) is 0.706. The van der Waals surface area contributed by atoms with Gasteiger partial charge in [0.1, 0.15) is 19.0 Å². The number of aromatic nitrogens is 2. The molecule has 1 N–H and O–H groups in total. The minimum atomic E-state index is 0.401. The molecule has 0 aliphatic rings. The second-order valence-electron chi connectivity index (χ2n) is 4.27. The van der Waals surface area contributed by atoms with Gasteiger partial charge in [-0.2, -0.15) is 4.98 Å². The smallest absolute Gasteiger partial charge is 0.218 e. The Bertz CT molecular complexity index is 383. The van der Waals surface area contributed by atoms with E-state index in [1.54, 1.807) is 6.07 Å². The van der Waals surface area contributed by atoms with Gasteiger partial charge in [0.2, 0.25) is 5.88 Å². The van der Waals surface area contributed by atoms with E-state index in [2.05, 4.69) is 34.0 Å². The lowest BCUT2D eigenvalue weighted by Crippen LogP contribution is -2.28. The molecule has 1 aromatic rings. The van der Waals surface area contributed by atoms with E-state index in [0.29, 0.717) is 31.5 Å². The van der Waals surface area contributed by atoms with Crippen molar-refractivity contribution in [3.05, 3.63) is 11.9 Å². The first kappa shape index (κ1) is 16.7. The third kappa shape index (κ3) is 5.71. The van der Waals surface area contributed by atoms with Gasteiger partial charge in [-0.25, -0.2) is 4.98 Å². The molecule has 0 fully saturated rings. The average molecular weight is 282 g/mol. The Hall–Kier alpha value is -1.40. The van der Waals surface area contributed by atoms with Gasteiger partial charge in [0.15, 0.2) is 5.82 Å². The van der Waals surface area contributed by atoms with E-state index in [4.69, 9.17) is 9.47 Å². The van der Waals surface area contributed by atoms with Crippen molar-refractivity contribution in [1.82, 2.24) is 14.9 Å². The first-order valence-corrected chi connectivity index (χ1v) is 7.22. The number of ether oxygens (including phenoxy) is 2. The average Bonchev–Trinajstić information content (AvgIpc) is 2.49. The predicted octanol–water partition coefficient (Wildman–Crippen LogP) is 1.78. The lowest BCUT2D eigenvalue weighted by Gasteiger charge is -2.18. The Balaban J connectivity index is 2.59. The number of hydrogen-bond acceptors (Lipinski definition) is 6. The SMILES string of the molecule is CCOCc1nc(NC)cc(OCCN(CC)CC)n1. The molecule has 1 rings (SSSR count). The maximum atomic E-state index is 5.71. The van der Waals surface area contributed by atoms with Crippen molar-refractivity contribution in [2.24, 2.45) is 0 Å². The van der Waals surface area contributed by atoms with Gasteiger partial charge in [-0.15, -0.1) is 0 Å². The van der Waals surface area contributed by atoms with E-state index in [0.717, 1.165) is 25.5 Å². The highest BCUT2D eigenvalue weighted by molar-refractivity contribution is 5.37. The zero-order valence-electron chi connectivity index (χ0n) is 13.0. The van der Waals surface area contributed by atoms with E-state index in [1.165, 1.54) is 0 Å². The number of hydrogen-bond donors (Lipinski definition) is 1. The fourth-order valence-electron chi connectivity index (χ4n) is 1.75. The van der Waals surface area contributed by atoms with Gasteiger partial charge in [0.05, 0.1) is 0 Å². The standard InChI is InChI=1S/C14H26N4O2/c1-5-18(6-2)8-9-20-14-10-12(15-4)16-13(17-14)11-19-7-3/h10H,5-9,11H2,1-4H3,(H,15,16,17). The van der Waals surface area contributed by atoms with Crippen LogP contribution in [0.25, 0.3) is 0 Å². The molecule has 0 radical (unpaired) electrons. The Morgan fingerprint density at radius 2 is 1.95 bits per heavy atom. The van der Waals surface area contributed by atoms with Crippen molar-refractivity contribution in [3.8, 4) is 5.88 Å². The van der Waals surface area contributed by atoms with E-state index < -0.39 is 0 Å². The Morgan fingerprint density at radius 1 is 1.20 bits per heavy atom. The minimum absolute atomic E-state index is 0.401. The number of likely N-dealkylation sites (N-methyl/N-ethyl adjacent to an activating group) is 1. The lowest BCUT2D eigenvalue weighted by molar-refractivity contribution is 0.127. The highest BCUT2D eigenvalue weighted by Crippen LogP contribution is 2.13. The molecule has 0 unspecified atom stereocenters. The monoisotopic (exact) mass is 282 g/mol. The van der Waals surface area contributed by atoms with E-state index >= 15 is 0 Å². The van der Waals surface area contributed by atoms with Crippen LogP contribution in [-0.4, -0.2) is 54.8 Å². The Morgan fingerprint density at radius 3 is 2.55 bits per heavy atom. The van der Waals surface area contributed by atoms with Crippen LogP contribution in [-0.2, 0) is 11.3 Å². The summed E-state index contributed by atoms with van der Waals surface area (Å²) in [6, 6.07) is 1.80. The first-order valence-electron chi connectivity index (χ1n) is 7.22. The summed E-state index contributed by atoms with van der Waals surface area (Å²) in [6.07, 6.45) is 0. The molecule has 0 spiro atoms. The highest BCUT2D eigenvalue weighted by Gasteiger charge is 2.06. The fourth-order valence-corrected chi connectivity index (χ4v) is 1.75. The zero-order valence-corrected chi connectivity index (χ0v) is 13.0. The maximum Gasteiger partial charge on any atom is 0.218 e. The van der Waals surface area contributed by atoms with Crippen LogP contribution in [0.4, 0.5) is 5.82 Å². The molecule has 0 amide bonds. The topological polar surface area (TPSA) is 59.5 Å². The van der Waals surface area contributed by atoms with Crippen molar-refractivity contribution >= 4 is 5.82 Å². The molecule has 114 valence electrons. The summed E-state index contributed by atoms with van der Waals surface area (Å²) < 4.78 is 11.0. The van der Waals surface area contributed by atoms with Crippen LogP contribution in [0.5, 0.6) is 5.88 Å².